The number of hydrogen-bond donors (Lipinski definition) is 3. The van der Waals surface area contributed by atoms with E-state index in [1.807, 2.05) is 13.8 Å². The zero-order valence-electron chi connectivity index (χ0n) is 26.7. The van der Waals surface area contributed by atoms with E-state index in [2.05, 4.69) is 0 Å². The Morgan fingerprint density at radius 2 is 1.51 bits per heavy atom. The molecule has 0 saturated heterocycles. The number of carboxylic acids is 1. The van der Waals surface area contributed by atoms with E-state index in [0.717, 1.165) is 24.8 Å². The molecule has 1 aromatic carbocycles. The van der Waals surface area contributed by atoms with Gasteiger partial charge in [-0.1, -0.05) is 58.4 Å². The second-order valence-electron chi connectivity index (χ2n) is 14.5. The van der Waals surface area contributed by atoms with Gasteiger partial charge >= 0.3 is 29.9 Å². The van der Waals surface area contributed by atoms with Gasteiger partial charge < -0.3 is 15.3 Å². The number of rotatable bonds is 14. The Morgan fingerprint density at radius 3 is 2.13 bits per heavy atom. The van der Waals surface area contributed by atoms with Gasteiger partial charge in [-0.05, 0) is 97.3 Å². The summed E-state index contributed by atoms with van der Waals surface area (Å²) in [5.74, 6) is -23.7. The summed E-state index contributed by atoms with van der Waals surface area (Å²) in [5.41, 5.74) is -1.47. The Labute approximate surface area is 269 Å². The van der Waals surface area contributed by atoms with Crippen LogP contribution >= 0.6 is 0 Å². The number of hydrogen-bond acceptors (Lipinski definition) is 3. The highest BCUT2D eigenvalue weighted by Crippen LogP contribution is 2.66. The third-order valence-corrected chi connectivity index (χ3v) is 11.9. The summed E-state index contributed by atoms with van der Waals surface area (Å²) in [6, 6.07) is 4.65. The van der Waals surface area contributed by atoms with Crippen molar-refractivity contribution in [3.05, 3.63) is 29.3 Å². The lowest BCUT2D eigenvalue weighted by atomic mass is 9.47. The summed E-state index contributed by atoms with van der Waals surface area (Å²) in [6.07, 6.45) is -5.59. The van der Waals surface area contributed by atoms with Crippen molar-refractivity contribution < 1.29 is 59.6 Å². The Morgan fingerprint density at radius 1 is 0.872 bits per heavy atom. The van der Waals surface area contributed by atoms with Crippen molar-refractivity contribution in [2.75, 3.05) is 0 Å². The molecule has 0 amide bonds. The number of halogens is 9. The standard InChI is InChI=1S/C34H45F9O4/c1-3-4-5-6-7-8-14-30(28(46)47,16-17-31(35,36)32(37,38)33(39,40)34(41,42)43)25-19-20-18-21(44)9-10-22(20)23-13-15-29(2)24(27(23)25)11-12-26(29)45/h9-10,18,23-27,44-45H,3-8,11-17,19H2,1-2H3,(H,46,47)/t23?,24?,25?,26?,27?,29-,30?/m0/s1. The highest BCUT2D eigenvalue weighted by molar-refractivity contribution is 5.75. The third-order valence-electron chi connectivity index (χ3n) is 11.9. The van der Waals surface area contributed by atoms with E-state index in [4.69, 9.17) is 0 Å². The molecule has 2 saturated carbocycles. The van der Waals surface area contributed by atoms with Crippen molar-refractivity contribution in [2.45, 2.75) is 140 Å². The van der Waals surface area contributed by atoms with Crippen molar-refractivity contribution in [3.8, 4) is 5.75 Å². The lowest BCUT2D eigenvalue weighted by Crippen LogP contribution is -2.61. The summed E-state index contributed by atoms with van der Waals surface area (Å²) in [7, 11) is 0. The van der Waals surface area contributed by atoms with Crippen molar-refractivity contribution in [2.24, 2.45) is 28.6 Å². The molecule has 13 heteroatoms. The van der Waals surface area contributed by atoms with E-state index in [1.54, 1.807) is 6.07 Å². The highest BCUT2D eigenvalue weighted by atomic mass is 19.4. The first-order valence-corrected chi connectivity index (χ1v) is 16.6. The average Bonchev–Trinajstić information content (AvgIpc) is 3.28. The van der Waals surface area contributed by atoms with Crippen LogP contribution in [0.5, 0.6) is 5.75 Å². The van der Waals surface area contributed by atoms with Crippen LogP contribution in [0, 0.1) is 28.6 Å². The molecule has 0 heterocycles. The number of alkyl halides is 9. The molecule has 2 fully saturated rings. The molecule has 1 aromatic rings. The predicted molar refractivity (Wildman–Crippen MR) is 156 cm³/mol. The first-order valence-electron chi connectivity index (χ1n) is 16.6. The van der Waals surface area contributed by atoms with Gasteiger partial charge in [0.2, 0.25) is 0 Å². The van der Waals surface area contributed by atoms with E-state index >= 15 is 8.78 Å². The molecule has 3 aliphatic rings. The number of carboxylic acid groups (broad SMARTS) is 1. The maximum atomic E-state index is 15.1. The van der Waals surface area contributed by atoms with Crippen molar-refractivity contribution in [1.29, 1.82) is 0 Å². The van der Waals surface area contributed by atoms with Crippen LogP contribution in [0.15, 0.2) is 18.2 Å². The maximum absolute atomic E-state index is 15.1. The molecule has 0 bridgehead atoms. The molecule has 4 rings (SSSR count). The largest absolute Gasteiger partial charge is 0.508 e. The van der Waals surface area contributed by atoms with Crippen LogP contribution in [0.2, 0.25) is 0 Å². The molecule has 268 valence electrons. The normalized spacial score (nSPS) is 29.5. The maximum Gasteiger partial charge on any atom is 0.460 e. The molecule has 0 aromatic heterocycles. The first kappa shape index (κ1) is 37.6. The van der Waals surface area contributed by atoms with E-state index in [0.29, 0.717) is 44.1 Å². The minimum atomic E-state index is -7.06. The number of aliphatic hydroxyl groups excluding tert-OH is 1. The number of aliphatic carboxylic acids is 1. The number of benzene rings is 1. The minimum absolute atomic E-state index is 0.0591. The number of phenols is 1. The Kier molecular flexibility index (Phi) is 10.6. The number of aliphatic hydroxyl groups is 1. The van der Waals surface area contributed by atoms with E-state index in [-0.39, 0.29) is 36.8 Å². The Balaban J connectivity index is 1.81. The van der Waals surface area contributed by atoms with Crippen LogP contribution in [-0.4, -0.2) is 51.3 Å². The van der Waals surface area contributed by atoms with Gasteiger partial charge in [0.25, 0.3) is 0 Å². The minimum Gasteiger partial charge on any atom is -0.508 e. The monoisotopic (exact) mass is 688 g/mol. The van der Waals surface area contributed by atoms with Crippen molar-refractivity contribution >= 4 is 5.97 Å². The average molecular weight is 689 g/mol. The summed E-state index contributed by atoms with van der Waals surface area (Å²) in [5, 5.41) is 32.2. The summed E-state index contributed by atoms with van der Waals surface area (Å²) >= 11 is 0. The lowest BCUT2D eigenvalue weighted by molar-refractivity contribution is -0.397. The highest BCUT2D eigenvalue weighted by Gasteiger charge is 2.81. The molecule has 4 nitrogen and oxygen atoms in total. The number of unbranched alkanes of at least 4 members (excludes halogenated alkanes) is 5. The number of phenolic OH excluding ortho intramolecular Hbond substituents is 1. The second kappa shape index (κ2) is 13.3. The van der Waals surface area contributed by atoms with Gasteiger partial charge in [0, 0.05) is 6.42 Å². The van der Waals surface area contributed by atoms with Gasteiger partial charge in [0.05, 0.1) is 11.5 Å². The zero-order chi connectivity index (χ0) is 35.2. The molecule has 3 N–H and O–H groups in total. The van der Waals surface area contributed by atoms with Crippen LogP contribution in [0.25, 0.3) is 0 Å². The summed E-state index contributed by atoms with van der Waals surface area (Å²) in [4.78, 5) is 13.4. The topological polar surface area (TPSA) is 77.8 Å². The molecule has 7 atom stereocenters. The van der Waals surface area contributed by atoms with Crippen LogP contribution in [0.1, 0.15) is 114 Å². The summed E-state index contributed by atoms with van der Waals surface area (Å²) < 4.78 is 125. The molecule has 0 spiro atoms. The van der Waals surface area contributed by atoms with Gasteiger partial charge in [0.1, 0.15) is 5.75 Å². The Hall–Kier alpha value is -2.18. The smallest absolute Gasteiger partial charge is 0.460 e. The molecule has 47 heavy (non-hydrogen) atoms. The second-order valence-corrected chi connectivity index (χ2v) is 14.5. The van der Waals surface area contributed by atoms with Gasteiger partial charge in [-0.3, -0.25) is 4.79 Å². The van der Waals surface area contributed by atoms with Crippen molar-refractivity contribution in [3.63, 3.8) is 0 Å². The van der Waals surface area contributed by atoms with Gasteiger partial charge in [0.15, 0.2) is 0 Å². The lowest BCUT2D eigenvalue weighted by Gasteiger charge is -2.56. The van der Waals surface area contributed by atoms with E-state index in [9.17, 15) is 50.8 Å². The quantitative estimate of drug-likeness (QED) is 0.134. The molecule has 3 aliphatic carbocycles. The Bertz CT molecular complexity index is 1270. The zero-order valence-corrected chi connectivity index (χ0v) is 26.7. The van der Waals surface area contributed by atoms with Gasteiger partial charge in [-0.2, -0.15) is 39.5 Å². The number of aromatic hydroxyl groups is 1. The summed E-state index contributed by atoms with van der Waals surface area (Å²) in [6.45, 7) is 3.87. The molecular formula is C34H45F9O4. The molecule has 6 unspecified atom stereocenters. The number of fused-ring (bicyclic) bond motifs is 5. The van der Waals surface area contributed by atoms with E-state index in [1.165, 1.54) is 12.1 Å². The molecule has 0 radical (unpaired) electrons. The predicted octanol–water partition coefficient (Wildman–Crippen LogP) is 9.91. The van der Waals surface area contributed by atoms with Crippen LogP contribution in [-0.2, 0) is 11.2 Å². The van der Waals surface area contributed by atoms with Gasteiger partial charge in [-0.15, -0.1) is 0 Å². The third kappa shape index (κ3) is 6.47. The molecular weight excluding hydrogens is 643 g/mol. The van der Waals surface area contributed by atoms with E-state index < -0.39 is 71.5 Å². The molecule has 0 aliphatic heterocycles. The van der Waals surface area contributed by atoms with Crippen LogP contribution in [0.3, 0.4) is 0 Å². The fourth-order valence-corrected chi connectivity index (χ4v) is 9.19. The fourth-order valence-electron chi connectivity index (χ4n) is 9.19. The SMILES string of the molecule is CCCCCCCCC(CCC(F)(F)C(F)(F)C(F)(F)C(F)(F)F)(C(=O)O)C1Cc2cc(O)ccc2C2CC[C@]3(C)C(O)CCC3C21. The first-order chi connectivity index (χ1) is 21.7. The van der Waals surface area contributed by atoms with Gasteiger partial charge in [-0.25, -0.2) is 0 Å². The number of carbonyl (C=O) groups is 1. The fraction of sp³-hybridized carbons (Fsp3) is 0.794. The van der Waals surface area contributed by atoms with Crippen LogP contribution in [0.4, 0.5) is 39.5 Å². The van der Waals surface area contributed by atoms with Crippen LogP contribution < -0.4 is 0 Å². The van der Waals surface area contributed by atoms with Crippen molar-refractivity contribution in [1.82, 2.24) is 0 Å².